The van der Waals surface area contributed by atoms with Crippen LogP contribution in [0.4, 0.5) is 0 Å². The first-order valence-electron chi connectivity index (χ1n) is 7.74. The minimum Gasteiger partial charge on any atom is -0.339 e. The molecule has 1 saturated carbocycles. The smallest absolute Gasteiger partial charge is 0.0677 e. The molecule has 0 bridgehead atoms. The standard InChI is InChI=1S/C18H20N2/c1-2-6-14(7-3-1)13-20-17-9-5-4-8-15(17)16-10-11-19-12-18(16)20/h4-5,8-12,14H,1-3,6-7,13H2. The first-order chi connectivity index (χ1) is 9.93. The first-order valence-corrected chi connectivity index (χ1v) is 7.74. The number of hydrogen-bond acceptors (Lipinski definition) is 1. The number of hydrogen-bond donors (Lipinski definition) is 0. The van der Waals surface area contributed by atoms with Crippen LogP contribution in [0.2, 0.25) is 0 Å². The molecule has 1 aromatic carbocycles. The Morgan fingerprint density at radius 2 is 1.75 bits per heavy atom. The van der Waals surface area contributed by atoms with E-state index in [-0.39, 0.29) is 0 Å². The van der Waals surface area contributed by atoms with E-state index in [0.717, 1.165) is 12.5 Å². The number of nitrogens with zero attached hydrogens (tertiary/aromatic N) is 2. The lowest BCUT2D eigenvalue weighted by molar-refractivity contribution is 0.325. The topological polar surface area (TPSA) is 17.8 Å². The summed E-state index contributed by atoms with van der Waals surface area (Å²) in [6.45, 7) is 1.15. The Bertz CT molecular complexity index is 682. The summed E-state index contributed by atoms with van der Waals surface area (Å²) in [7, 11) is 0. The summed E-state index contributed by atoms with van der Waals surface area (Å²) >= 11 is 0. The van der Waals surface area contributed by atoms with Crippen LogP contribution in [0.5, 0.6) is 0 Å². The van der Waals surface area contributed by atoms with Gasteiger partial charge in [-0.2, -0.15) is 0 Å². The molecule has 0 spiro atoms. The van der Waals surface area contributed by atoms with Gasteiger partial charge in [0, 0.05) is 29.0 Å². The monoisotopic (exact) mass is 264 g/mol. The average Bonchev–Trinajstić information content (AvgIpc) is 2.84. The molecule has 0 unspecified atom stereocenters. The fourth-order valence-electron chi connectivity index (χ4n) is 3.72. The molecule has 0 radical (unpaired) electrons. The quantitative estimate of drug-likeness (QED) is 0.652. The van der Waals surface area contributed by atoms with Gasteiger partial charge in [0.15, 0.2) is 0 Å². The summed E-state index contributed by atoms with van der Waals surface area (Å²) in [6.07, 6.45) is 10.9. The Balaban J connectivity index is 1.86. The van der Waals surface area contributed by atoms with Crippen LogP contribution in [0.15, 0.2) is 42.7 Å². The van der Waals surface area contributed by atoms with Crippen LogP contribution in [-0.2, 0) is 6.54 Å². The highest BCUT2D eigenvalue weighted by atomic mass is 15.0. The third-order valence-corrected chi connectivity index (χ3v) is 4.74. The molecule has 1 aliphatic rings. The van der Waals surface area contributed by atoms with Crippen molar-refractivity contribution in [1.82, 2.24) is 9.55 Å². The average molecular weight is 264 g/mol. The molecule has 2 nitrogen and oxygen atoms in total. The van der Waals surface area contributed by atoms with Crippen molar-refractivity contribution in [3.63, 3.8) is 0 Å². The van der Waals surface area contributed by atoms with Crippen LogP contribution < -0.4 is 0 Å². The molecule has 2 heteroatoms. The molecule has 1 aliphatic carbocycles. The zero-order chi connectivity index (χ0) is 13.4. The second-order valence-electron chi connectivity index (χ2n) is 6.02. The molecule has 0 N–H and O–H groups in total. The Labute approximate surface area is 119 Å². The molecule has 2 heterocycles. The first kappa shape index (κ1) is 12.0. The van der Waals surface area contributed by atoms with Crippen molar-refractivity contribution in [2.45, 2.75) is 38.6 Å². The van der Waals surface area contributed by atoms with Crippen molar-refractivity contribution in [3.8, 4) is 0 Å². The van der Waals surface area contributed by atoms with Gasteiger partial charge < -0.3 is 4.57 Å². The summed E-state index contributed by atoms with van der Waals surface area (Å²) in [5, 5.41) is 2.70. The molecular weight excluding hydrogens is 244 g/mol. The van der Waals surface area contributed by atoms with E-state index in [4.69, 9.17) is 0 Å². The SMILES string of the molecule is c1ccc2c(c1)c1ccncc1n2CC1CCCCC1. The van der Waals surface area contributed by atoms with E-state index in [2.05, 4.69) is 39.9 Å². The summed E-state index contributed by atoms with van der Waals surface area (Å²) in [4.78, 5) is 4.34. The zero-order valence-electron chi connectivity index (χ0n) is 11.8. The highest BCUT2D eigenvalue weighted by Crippen LogP contribution is 2.32. The van der Waals surface area contributed by atoms with Crippen molar-refractivity contribution in [2.24, 2.45) is 5.92 Å². The summed E-state index contributed by atoms with van der Waals surface area (Å²) in [5.74, 6) is 0.836. The van der Waals surface area contributed by atoms with Gasteiger partial charge in [0.2, 0.25) is 0 Å². The van der Waals surface area contributed by atoms with Crippen molar-refractivity contribution in [2.75, 3.05) is 0 Å². The Kier molecular flexibility index (Phi) is 2.95. The molecule has 0 saturated heterocycles. The lowest BCUT2D eigenvalue weighted by Crippen LogP contribution is -2.13. The maximum Gasteiger partial charge on any atom is 0.0677 e. The molecule has 4 rings (SSSR count). The van der Waals surface area contributed by atoms with Gasteiger partial charge in [-0.05, 0) is 30.9 Å². The molecule has 102 valence electrons. The molecule has 0 amide bonds. The van der Waals surface area contributed by atoms with Crippen molar-refractivity contribution < 1.29 is 0 Å². The van der Waals surface area contributed by atoms with E-state index in [0.29, 0.717) is 0 Å². The number of pyridine rings is 1. The minimum atomic E-state index is 0.836. The number of fused-ring (bicyclic) bond motifs is 3. The summed E-state index contributed by atoms with van der Waals surface area (Å²) in [6, 6.07) is 10.9. The van der Waals surface area contributed by atoms with Gasteiger partial charge in [-0.1, -0.05) is 37.5 Å². The molecule has 20 heavy (non-hydrogen) atoms. The predicted octanol–water partition coefficient (Wildman–Crippen LogP) is 4.77. The maximum absolute atomic E-state index is 4.34. The minimum absolute atomic E-state index is 0.836. The van der Waals surface area contributed by atoms with Gasteiger partial charge in [0.1, 0.15) is 0 Å². The lowest BCUT2D eigenvalue weighted by Gasteiger charge is -2.22. The van der Waals surface area contributed by atoms with Crippen LogP contribution in [0.1, 0.15) is 32.1 Å². The van der Waals surface area contributed by atoms with E-state index in [1.807, 2.05) is 12.4 Å². The van der Waals surface area contributed by atoms with Crippen LogP contribution >= 0.6 is 0 Å². The molecule has 2 aromatic heterocycles. The van der Waals surface area contributed by atoms with Crippen molar-refractivity contribution >= 4 is 21.8 Å². The molecule has 3 aromatic rings. The van der Waals surface area contributed by atoms with E-state index in [1.165, 1.54) is 53.9 Å². The summed E-state index contributed by atoms with van der Waals surface area (Å²) in [5.41, 5.74) is 2.65. The fourth-order valence-corrected chi connectivity index (χ4v) is 3.72. The summed E-state index contributed by atoms with van der Waals surface area (Å²) < 4.78 is 2.49. The predicted molar refractivity (Wildman–Crippen MR) is 83.8 cm³/mol. The normalized spacial score (nSPS) is 17.0. The molecular formula is C18H20N2. The molecule has 0 aliphatic heterocycles. The van der Waals surface area contributed by atoms with Crippen LogP contribution in [-0.4, -0.2) is 9.55 Å². The van der Waals surface area contributed by atoms with E-state index < -0.39 is 0 Å². The van der Waals surface area contributed by atoms with Crippen LogP contribution in [0.3, 0.4) is 0 Å². The van der Waals surface area contributed by atoms with Crippen LogP contribution in [0, 0.1) is 5.92 Å². The van der Waals surface area contributed by atoms with Gasteiger partial charge in [-0.15, -0.1) is 0 Å². The highest BCUT2D eigenvalue weighted by Gasteiger charge is 2.17. The van der Waals surface area contributed by atoms with Crippen molar-refractivity contribution in [3.05, 3.63) is 42.7 Å². The second kappa shape index (κ2) is 4.93. The van der Waals surface area contributed by atoms with Gasteiger partial charge >= 0.3 is 0 Å². The van der Waals surface area contributed by atoms with Gasteiger partial charge in [-0.3, -0.25) is 4.98 Å². The zero-order valence-corrected chi connectivity index (χ0v) is 11.8. The van der Waals surface area contributed by atoms with E-state index in [1.54, 1.807) is 0 Å². The number of para-hydroxylation sites is 1. The Morgan fingerprint density at radius 1 is 0.950 bits per heavy atom. The van der Waals surface area contributed by atoms with Gasteiger partial charge in [0.05, 0.1) is 11.7 Å². The van der Waals surface area contributed by atoms with Crippen molar-refractivity contribution in [1.29, 1.82) is 0 Å². The fraction of sp³-hybridized carbons (Fsp3) is 0.389. The Hall–Kier alpha value is -1.83. The van der Waals surface area contributed by atoms with Gasteiger partial charge in [0.25, 0.3) is 0 Å². The Morgan fingerprint density at radius 3 is 2.65 bits per heavy atom. The second-order valence-corrected chi connectivity index (χ2v) is 6.02. The number of aromatic nitrogens is 2. The lowest BCUT2D eigenvalue weighted by atomic mass is 9.89. The third kappa shape index (κ3) is 1.91. The van der Waals surface area contributed by atoms with E-state index in [9.17, 15) is 0 Å². The van der Waals surface area contributed by atoms with Crippen LogP contribution in [0.25, 0.3) is 21.8 Å². The van der Waals surface area contributed by atoms with Gasteiger partial charge in [-0.25, -0.2) is 0 Å². The maximum atomic E-state index is 4.34. The third-order valence-electron chi connectivity index (χ3n) is 4.74. The molecule has 0 atom stereocenters. The number of benzene rings is 1. The highest BCUT2D eigenvalue weighted by molar-refractivity contribution is 6.07. The number of rotatable bonds is 2. The van der Waals surface area contributed by atoms with E-state index >= 15 is 0 Å². The molecule has 1 fully saturated rings. The largest absolute Gasteiger partial charge is 0.339 e.